The standard InChI is InChI=1S/C14H20N2O2S/c1-5-13(6-2)16(4)19(17,18)14-9-12(10-15)8-7-11(14)3/h7-9,13H,5-6H2,1-4H3. The van der Waals surface area contributed by atoms with E-state index in [0.29, 0.717) is 11.1 Å². The van der Waals surface area contributed by atoms with Crippen LogP contribution in [0.1, 0.15) is 37.8 Å². The van der Waals surface area contributed by atoms with Crippen LogP contribution in [-0.2, 0) is 10.0 Å². The lowest BCUT2D eigenvalue weighted by molar-refractivity contribution is 0.349. The van der Waals surface area contributed by atoms with Crippen LogP contribution in [0.3, 0.4) is 0 Å². The molecule has 0 aromatic heterocycles. The lowest BCUT2D eigenvalue weighted by Gasteiger charge is -2.26. The minimum Gasteiger partial charge on any atom is -0.207 e. The number of nitrogens with zero attached hydrogens (tertiary/aromatic N) is 2. The molecule has 0 spiro atoms. The van der Waals surface area contributed by atoms with Gasteiger partial charge >= 0.3 is 0 Å². The van der Waals surface area contributed by atoms with E-state index in [-0.39, 0.29) is 10.9 Å². The normalized spacial score (nSPS) is 11.8. The molecule has 1 aromatic rings. The topological polar surface area (TPSA) is 61.2 Å². The number of benzene rings is 1. The quantitative estimate of drug-likeness (QED) is 0.833. The van der Waals surface area contributed by atoms with Gasteiger partial charge in [0.2, 0.25) is 10.0 Å². The SMILES string of the molecule is CCC(CC)N(C)S(=O)(=O)c1cc(C#N)ccc1C. The maximum Gasteiger partial charge on any atom is 0.243 e. The molecule has 1 rings (SSSR count). The third-order valence-electron chi connectivity index (χ3n) is 3.43. The molecular formula is C14H20N2O2S. The van der Waals surface area contributed by atoms with Crippen LogP contribution in [0.5, 0.6) is 0 Å². The Morgan fingerprint density at radius 2 is 1.89 bits per heavy atom. The summed E-state index contributed by atoms with van der Waals surface area (Å²) in [5.41, 5.74) is 1.03. The molecule has 0 amide bonds. The molecule has 0 fully saturated rings. The van der Waals surface area contributed by atoms with E-state index in [2.05, 4.69) is 0 Å². The number of hydrogen-bond donors (Lipinski definition) is 0. The van der Waals surface area contributed by atoms with Gasteiger partial charge in [-0.25, -0.2) is 8.42 Å². The molecule has 104 valence electrons. The highest BCUT2D eigenvalue weighted by Crippen LogP contribution is 2.23. The molecule has 0 radical (unpaired) electrons. The number of nitriles is 1. The van der Waals surface area contributed by atoms with E-state index >= 15 is 0 Å². The maximum atomic E-state index is 12.6. The molecule has 5 heteroatoms. The van der Waals surface area contributed by atoms with Crippen LogP contribution >= 0.6 is 0 Å². The molecular weight excluding hydrogens is 260 g/mol. The smallest absolute Gasteiger partial charge is 0.207 e. The molecule has 0 heterocycles. The largest absolute Gasteiger partial charge is 0.243 e. The fourth-order valence-corrected chi connectivity index (χ4v) is 3.85. The van der Waals surface area contributed by atoms with Crippen molar-refractivity contribution in [2.75, 3.05) is 7.05 Å². The van der Waals surface area contributed by atoms with Crippen molar-refractivity contribution >= 4 is 10.0 Å². The van der Waals surface area contributed by atoms with Crippen LogP contribution in [0.15, 0.2) is 23.1 Å². The Bertz CT molecular complexity index is 584. The van der Waals surface area contributed by atoms with Gasteiger partial charge in [-0.2, -0.15) is 9.57 Å². The Balaban J connectivity index is 3.31. The number of hydrogen-bond acceptors (Lipinski definition) is 3. The summed E-state index contributed by atoms with van der Waals surface area (Å²) >= 11 is 0. The molecule has 0 saturated carbocycles. The second-order valence-corrected chi connectivity index (χ2v) is 6.55. The zero-order valence-electron chi connectivity index (χ0n) is 11.8. The zero-order valence-corrected chi connectivity index (χ0v) is 12.7. The van der Waals surface area contributed by atoms with Crippen LogP contribution in [-0.4, -0.2) is 25.8 Å². The van der Waals surface area contributed by atoms with E-state index in [1.807, 2.05) is 19.9 Å². The van der Waals surface area contributed by atoms with Crippen molar-refractivity contribution in [2.45, 2.75) is 44.6 Å². The number of aryl methyl sites for hydroxylation is 1. The molecule has 0 atom stereocenters. The minimum absolute atomic E-state index is 0.0184. The van der Waals surface area contributed by atoms with E-state index in [4.69, 9.17) is 5.26 Å². The highest BCUT2D eigenvalue weighted by molar-refractivity contribution is 7.89. The van der Waals surface area contributed by atoms with Crippen molar-refractivity contribution in [3.05, 3.63) is 29.3 Å². The molecule has 0 N–H and O–H groups in total. The van der Waals surface area contributed by atoms with Gasteiger partial charge in [0.05, 0.1) is 16.5 Å². The lowest BCUT2D eigenvalue weighted by Crippen LogP contribution is -2.36. The molecule has 0 aliphatic rings. The third-order valence-corrected chi connectivity index (χ3v) is 5.48. The fraction of sp³-hybridized carbons (Fsp3) is 0.500. The first-order valence-corrected chi connectivity index (χ1v) is 7.81. The van der Waals surface area contributed by atoms with Crippen molar-refractivity contribution in [2.24, 2.45) is 0 Å². The summed E-state index contributed by atoms with van der Waals surface area (Å²) in [6.07, 6.45) is 1.53. The molecule has 1 aromatic carbocycles. The summed E-state index contributed by atoms with van der Waals surface area (Å²) < 4.78 is 26.6. The van der Waals surface area contributed by atoms with E-state index in [1.54, 1.807) is 26.1 Å². The van der Waals surface area contributed by atoms with Gasteiger partial charge in [0.25, 0.3) is 0 Å². The Morgan fingerprint density at radius 1 is 1.32 bits per heavy atom. The molecule has 4 nitrogen and oxygen atoms in total. The second-order valence-electron chi connectivity index (χ2n) is 4.58. The van der Waals surface area contributed by atoms with Gasteiger partial charge in [0, 0.05) is 13.1 Å². The molecule has 0 bridgehead atoms. The van der Waals surface area contributed by atoms with E-state index in [9.17, 15) is 8.42 Å². The fourth-order valence-electron chi connectivity index (χ4n) is 2.10. The van der Waals surface area contributed by atoms with Crippen LogP contribution in [0.4, 0.5) is 0 Å². The number of sulfonamides is 1. The van der Waals surface area contributed by atoms with Gasteiger partial charge in [0.1, 0.15) is 0 Å². The van der Waals surface area contributed by atoms with Crippen molar-refractivity contribution in [3.63, 3.8) is 0 Å². The second kappa shape index (κ2) is 6.18. The minimum atomic E-state index is -3.54. The highest BCUT2D eigenvalue weighted by Gasteiger charge is 2.27. The van der Waals surface area contributed by atoms with Crippen molar-refractivity contribution in [1.29, 1.82) is 5.26 Å². The van der Waals surface area contributed by atoms with Gasteiger partial charge in [-0.05, 0) is 37.5 Å². The Hall–Kier alpha value is -1.38. The Labute approximate surface area is 115 Å². The summed E-state index contributed by atoms with van der Waals surface area (Å²) in [5.74, 6) is 0. The first-order valence-electron chi connectivity index (χ1n) is 6.37. The van der Waals surface area contributed by atoms with Crippen LogP contribution in [0.25, 0.3) is 0 Å². The summed E-state index contributed by atoms with van der Waals surface area (Å²) in [5, 5.41) is 8.90. The van der Waals surface area contributed by atoms with Gasteiger partial charge < -0.3 is 0 Å². The third kappa shape index (κ3) is 3.14. The van der Waals surface area contributed by atoms with E-state index < -0.39 is 10.0 Å². The summed E-state index contributed by atoms with van der Waals surface area (Å²) in [7, 11) is -1.94. The Morgan fingerprint density at radius 3 is 2.37 bits per heavy atom. The first-order chi connectivity index (χ1) is 8.88. The molecule has 0 aliphatic heterocycles. The van der Waals surface area contributed by atoms with Gasteiger partial charge in [-0.15, -0.1) is 0 Å². The molecule has 19 heavy (non-hydrogen) atoms. The van der Waals surface area contributed by atoms with Crippen molar-refractivity contribution in [3.8, 4) is 6.07 Å². The summed E-state index contributed by atoms with van der Waals surface area (Å²) in [6, 6.07) is 6.71. The molecule has 0 aliphatic carbocycles. The van der Waals surface area contributed by atoms with Crippen LogP contribution in [0.2, 0.25) is 0 Å². The van der Waals surface area contributed by atoms with Crippen LogP contribution < -0.4 is 0 Å². The average Bonchev–Trinajstić information content (AvgIpc) is 2.40. The zero-order chi connectivity index (χ0) is 14.6. The predicted molar refractivity (Wildman–Crippen MR) is 75.2 cm³/mol. The van der Waals surface area contributed by atoms with E-state index in [1.165, 1.54) is 10.4 Å². The monoisotopic (exact) mass is 280 g/mol. The van der Waals surface area contributed by atoms with Crippen molar-refractivity contribution < 1.29 is 8.42 Å². The lowest BCUT2D eigenvalue weighted by atomic mass is 10.2. The van der Waals surface area contributed by atoms with Gasteiger partial charge in [0.15, 0.2) is 0 Å². The summed E-state index contributed by atoms with van der Waals surface area (Å²) in [6.45, 7) is 5.69. The van der Waals surface area contributed by atoms with Crippen molar-refractivity contribution in [1.82, 2.24) is 4.31 Å². The average molecular weight is 280 g/mol. The number of rotatable bonds is 5. The molecule has 0 unspecified atom stereocenters. The van der Waals surface area contributed by atoms with E-state index in [0.717, 1.165) is 12.8 Å². The molecule has 0 saturated heterocycles. The predicted octanol–water partition coefficient (Wildman–Crippen LogP) is 2.68. The maximum absolute atomic E-state index is 12.6. The van der Waals surface area contributed by atoms with Gasteiger partial charge in [-0.3, -0.25) is 0 Å². The first kappa shape index (κ1) is 15.7. The van der Waals surface area contributed by atoms with Gasteiger partial charge in [-0.1, -0.05) is 19.9 Å². The Kier molecular flexibility index (Phi) is 5.10. The highest BCUT2D eigenvalue weighted by atomic mass is 32.2. The summed E-state index contributed by atoms with van der Waals surface area (Å²) in [4.78, 5) is 0.223. The van der Waals surface area contributed by atoms with Crippen LogP contribution in [0, 0.1) is 18.3 Å².